The number of unbranched alkanes of at least 4 members (excludes halogenated alkanes) is 22. The van der Waals surface area contributed by atoms with E-state index in [4.69, 9.17) is 0 Å². The quantitative estimate of drug-likeness (QED) is 0.0286. The van der Waals surface area contributed by atoms with Crippen LogP contribution in [0, 0.1) is 0 Å². The fourth-order valence-corrected chi connectivity index (χ4v) is 6.80. The van der Waals surface area contributed by atoms with E-state index in [1.165, 1.54) is 115 Å². The molecule has 0 aliphatic rings. The lowest BCUT2D eigenvalue weighted by molar-refractivity contribution is -0.130. The summed E-state index contributed by atoms with van der Waals surface area (Å²) in [5.74, 6) is -1.57. The minimum atomic E-state index is -4.46. The molecule has 1 amide bonds. The van der Waals surface area contributed by atoms with Gasteiger partial charge in [0, 0.05) is 0 Å². The van der Waals surface area contributed by atoms with Gasteiger partial charge in [0.2, 0.25) is 5.91 Å². The lowest BCUT2D eigenvalue weighted by Crippen LogP contribution is -2.50. The zero-order valence-corrected chi connectivity index (χ0v) is 33.6. The van der Waals surface area contributed by atoms with Crippen LogP contribution in [0.25, 0.3) is 0 Å². The molecule has 3 unspecified atom stereocenters. The zero-order chi connectivity index (χ0) is 37.7. The second-order valence-corrected chi connectivity index (χ2v) is 15.9. The first-order valence-corrected chi connectivity index (χ1v) is 22.6. The molecule has 0 spiro atoms. The fraction of sp³-hybridized carbons (Fsp3) is 0.791. The second kappa shape index (κ2) is 36.6. The summed E-state index contributed by atoms with van der Waals surface area (Å²) >= 11 is 0. The van der Waals surface area contributed by atoms with Gasteiger partial charge in [-0.25, -0.2) is 0 Å². The summed E-state index contributed by atoms with van der Waals surface area (Å²) in [7, 11) is -4.46. The van der Waals surface area contributed by atoms with Crippen LogP contribution in [0.5, 0.6) is 0 Å². The molecule has 0 aromatic rings. The number of hydrogen-bond acceptors (Lipinski definition) is 5. The maximum absolute atomic E-state index is 12.6. The van der Waals surface area contributed by atoms with Crippen molar-refractivity contribution in [2.45, 2.75) is 212 Å². The summed E-state index contributed by atoms with van der Waals surface area (Å²) in [5.41, 5.74) is 0. The van der Waals surface area contributed by atoms with Gasteiger partial charge in [-0.3, -0.25) is 9.35 Å². The van der Waals surface area contributed by atoms with E-state index in [1.807, 2.05) is 0 Å². The highest BCUT2D eigenvalue weighted by Gasteiger charge is 2.27. The summed E-state index contributed by atoms with van der Waals surface area (Å²) in [6, 6.07) is -1.26. The predicted molar refractivity (Wildman–Crippen MR) is 218 cm³/mol. The molecule has 0 rings (SSSR count). The van der Waals surface area contributed by atoms with Gasteiger partial charge in [-0.1, -0.05) is 172 Å². The van der Waals surface area contributed by atoms with E-state index in [2.05, 4.69) is 55.6 Å². The minimum Gasteiger partial charge on any atom is -0.387 e. The van der Waals surface area contributed by atoms with Crippen molar-refractivity contribution in [1.29, 1.82) is 0 Å². The lowest BCUT2D eigenvalue weighted by atomic mass is 10.0. The third kappa shape index (κ3) is 36.4. The Kier molecular flexibility index (Phi) is 35.4. The standard InChI is InChI=1S/C43H79NO6S/c1-3-5-7-9-11-13-15-17-19-21-22-24-25-27-29-31-33-35-37-41(45)40(39-51(48,49)50)44-43(47)42(46)38-36-34-32-30-28-26-23-20-18-16-14-12-10-8-6-4-2/h18,20-22,27,29,35,37,40-42,45-46H,3-17,19,23-26,28,30-34,36,38-39H2,1-2H3,(H,44,47)(H,48,49,50)/b20-18-,22-21+,29-27+,37-35+. The number of nitrogens with one attached hydrogen (secondary N) is 1. The highest BCUT2D eigenvalue weighted by atomic mass is 32.2. The molecule has 7 nitrogen and oxygen atoms in total. The first-order valence-electron chi connectivity index (χ1n) is 20.9. The number of allylic oxidation sites excluding steroid dienone is 7. The molecule has 0 saturated carbocycles. The maximum Gasteiger partial charge on any atom is 0.267 e. The van der Waals surface area contributed by atoms with Crippen molar-refractivity contribution < 1.29 is 28.0 Å². The van der Waals surface area contributed by atoms with Crippen molar-refractivity contribution in [1.82, 2.24) is 5.32 Å². The Morgan fingerprint density at radius 1 is 0.529 bits per heavy atom. The molecule has 0 fully saturated rings. The van der Waals surface area contributed by atoms with Gasteiger partial charge in [-0.2, -0.15) is 8.42 Å². The second-order valence-electron chi connectivity index (χ2n) is 14.4. The van der Waals surface area contributed by atoms with Gasteiger partial charge in [0.25, 0.3) is 10.1 Å². The van der Waals surface area contributed by atoms with Crippen molar-refractivity contribution in [3.63, 3.8) is 0 Å². The Hall–Kier alpha value is -1.74. The van der Waals surface area contributed by atoms with E-state index < -0.39 is 40.0 Å². The lowest BCUT2D eigenvalue weighted by Gasteiger charge is -2.22. The molecule has 0 aromatic carbocycles. The number of carbonyl (C=O) groups is 1. The molecule has 8 heteroatoms. The predicted octanol–water partition coefficient (Wildman–Crippen LogP) is 11.3. The van der Waals surface area contributed by atoms with Gasteiger partial charge in [0.15, 0.2) is 0 Å². The van der Waals surface area contributed by atoms with Crippen LogP contribution in [-0.4, -0.2) is 53.1 Å². The monoisotopic (exact) mass is 738 g/mol. The Bertz CT molecular complexity index is 1010. The van der Waals surface area contributed by atoms with Gasteiger partial charge < -0.3 is 15.5 Å². The number of amides is 1. The molecular formula is C43H79NO6S. The summed E-state index contributed by atoms with van der Waals surface area (Å²) in [6.45, 7) is 4.50. The maximum atomic E-state index is 12.6. The van der Waals surface area contributed by atoms with Crippen LogP contribution in [0.15, 0.2) is 48.6 Å². The van der Waals surface area contributed by atoms with Crippen molar-refractivity contribution in [2.75, 3.05) is 5.75 Å². The van der Waals surface area contributed by atoms with Crippen molar-refractivity contribution >= 4 is 16.0 Å². The molecule has 0 aromatic heterocycles. The van der Waals surface area contributed by atoms with E-state index in [1.54, 1.807) is 6.08 Å². The van der Waals surface area contributed by atoms with E-state index in [0.29, 0.717) is 12.8 Å². The van der Waals surface area contributed by atoms with Crippen LogP contribution in [-0.2, 0) is 14.9 Å². The minimum absolute atomic E-state index is 0.263. The van der Waals surface area contributed by atoms with Gasteiger partial charge in [0.1, 0.15) is 6.10 Å². The van der Waals surface area contributed by atoms with E-state index >= 15 is 0 Å². The molecular weight excluding hydrogens is 659 g/mol. The molecule has 0 heterocycles. The number of hydrogen-bond donors (Lipinski definition) is 4. The van der Waals surface area contributed by atoms with E-state index in [0.717, 1.165) is 51.4 Å². The number of rotatable bonds is 37. The van der Waals surface area contributed by atoms with Gasteiger partial charge in [-0.15, -0.1) is 0 Å². The fourth-order valence-electron chi connectivity index (χ4n) is 6.07. The van der Waals surface area contributed by atoms with E-state index in [9.17, 15) is 28.0 Å². The van der Waals surface area contributed by atoms with Crippen LogP contribution in [0.4, 0.5) is 0 Å². The molecule has 0 aliphatic heterocycles. The zero-order valence-electron chi connectivity index (χ0n) is 32.8. The summed E-state index contributed by atoms with van der Waals surface area (Å²) in [5, 5.41) is 23.4. The normalized spacial score (nSPS) is 14.4. The van der Waals surface area contributed by atoms with Crippen LogP contribution in [0.2, 0.25) is 0 Å². The Morgan fingerprint density at radius 2 is 0.882 bits per heavy atom. The first-order chi connectivity index (χ1) is 24.7. The molecule has 0 bridgehead atoms. The molecule has 0 saturated heterocycles. The topological polar surface area (TPSA) is 124 Å². The molecule has 0 aliphatic carbocycles. The SMILES string of the molecule is CCCCCCCC/C=C\CCCCCCCCC(O)C(=O)NC(CS(=O)(=O)O)C(O)/C=C/CC/C=C/CC/C=C/CCCCCCCCCC. The number of aliphatic hydroxyl groups excluding tert-OH is 2. The average Bonchev–Trinajstić information content (AvgIpc) is 3.09. The van der Waals surface area contributed by atoms with Gasteiger partial charge in [0.05, 0.1) is 17.9 Å². The largest absolute Gasteiger partial charge is 0.387 e. The van der Waals surface area contributed by atoms with Crippen molar-refractivity contribution in [3.8, 4) is 0 Å². The van der Waals surface area contributed by atoms with E-state index in [-0.39, 0.29) is 6.42 Å². The third-order valence-corrected chi connectivity index (χ3v) is 10.1. The first kappa shape index (κ1) is 49.3. The summed E-state index contributed by atoms with van der Waals surface area (Å²) in [4.78, 5) is 12.6. The molecule has 298 valence electrons. The summed E-state index contributed by atoms with van der Waals surface area (Å²) < 4.78 is 32.5. The van der Waals surface area contributed by atoms with Crippen molar-refractivity contribution in [2.24, 2.45) is 0 Å². The highest BCUT2D eigenvalue weighted by molar-refractivity contribution is 7.85. The smallest absolute Gasteiger partial charge is 0.267 e. The van der Waals surface area contributed by atoms with Crippen LogP contribution in [0.3, 0.4) is 0 Å². The Labute approximate surface area is 314 Å². The van der Waals surface area contributed by atoms with Crippen LogP contribution in [0.1, 0.15) is 194 Å². The molecule has 4 N–H and O–H groups in total. The molecule has 3 atom stereocenters. The van der Waals surface area contributed by atoms with Gasteiger partial charge in [-0.05, 0) is 70.6 Å². The Balaban J connectivity index is 4.13. The Morgan fingerprint density at radius 3 is 1.29 bits per heavy atom. The van der Waals surface area contributed by atoms with Gasteiger partial charge >= 0.3 is 0 Å². The molecule has 51 heavy (non-hydrogen) atoms. The molecule has 0 radical (unpaired) electrons. The number of carbonyl (C=O) groups excluding carboxylic acids is 1. The van der Waals surface area contributed by atoms with Crippen LogP contribution >= 0.6 is 0 Å². The van der Waals surface area contributed by atoms with Crippen molar-refractivity contribution in [3.05, 3.63) is 48.6 Å². The van der Waals surface area contributed by atoms with Crippen LogP contribution < -0.4 is 5.32 Å². The average molecular weight is 738 g/mol. The number of aliphatic hydroxyl groups is 2. The highest BCUT2D eigenvalue weighted by Crippen LogP contribution is 2.13. The summed E-state index contributed by atoms with van der Waals surface area (Å²) in [6.07, 6.45) is 45.9. The third-order valence-electron chi connectivity index (χ3n) is 9.31.